The smallest absolute Gasteiger partial charge is 0.172 e. The van der Waals surface area contributed by atoms with Crippen molar-refractivity contribution in [3.8, 4) is 0 Å². The van der Waals surface area contributed by atoms with Crippen LogP contribution in [0.4, 0.5) is 11.6 Å². The van der Waals surface area contributed by atoms with Crippen molar-refractivity contribution in [1.82, 2.24) is 19.9 Å². The molecule has 2 aromatic heterocycles. The second-order valence-corrected chi connectivity index (χ2v) is 10.7. The number of nitrogens with one attached hydrogen (secondary N) is 1. The maximum Gasteiger partial charge on any atom is 0.172 e. The molecule has 0 spiro atoms. The number of benzene rings is 1. The molecule has 10 heteroatoms. The van der Waals surface area contributed by atoms with Crippen LogP contribution in [0.5, 0.6) is 0 Å². The van der Waals surface area contributed by atoms with Gasteiger partial charge in [0.25, 0.3) is 0 Å². The lowest BCUT2D eigenvalue weighted by atomic mass is 9.98. The number of fused-ring (bicyclic) bond motifs is 1. The predicted molar refractivity (Wildman–Crippen MR) is 141 cm³/mol. The minimum Gasteiger partial charge on any atom is -0.387 e. The van der Waals surface area contributed by atoms with Gasteiger partial charge in [0.05, 0.1) is 23.0 Å². The van der Waals surface area contributed by atoms with E-state index in [0.717, 1.165) is 44.1 Å². The Hall–Kier alpha value is -2.23. The summed E-state index contributed by atoms with van der Waals surface area (Å²) in [5.74, 6) is 1.48. The lowest BCUT2D eigenvalue weighted by Gasteiger charge is -2.36. The van der Waals surface area contributed by atoms with Gasteiger partial charge < -0.3 is 20.4 Å². The van der Waals surface area contributed by atoms with Crippen LogP contribution in [0.3, 0.4) is 0 Å². The number of aliphatic hydroxyl groups is 2. The van der Waals surface area contributed by atoms with Gasteiger partial charge in [-0.25, -0.2) is 9.97 Å². The zero-order valence-electron chi connectivity index (χ0n) is 20.5. The second kappa shape index (κ2) is 10.4. The number of anilines is 2. The topological polar surface area (TPSA) is 97.6 Å². The monoisotopic (exact) mass is 518 g/mol. The van der Waals surface area contributed by atoms with E-state index in [0.29, 0.717) is 32.6 Å². The highest BCUT2D eigenvalue weighted by Gasteiger charge is 2.28. The molecule has 3 heterocycles. The number of aliphatic hydroxyl groups excluding tert-OH is 1. The molecular formula is C25H32Cl2N6O2. The van der Waals surface area contributed by atoms with Crippen LogP contribution in [0, 0.1) is 0 Å². The SMILES string of the molecule is CC(C)Nc1nc2cnc(C(O)C(C)(C)O)cc2nc1N1CCN(Cc2ccc(Cl)cc2Cl)CC1. The van der Waals surface area contributed by atoms with Crippen molar-refractivity contribution in [1.29, 1.82) is 0 Å². The maximum atomic E-state index is 10.5. The third kappa shape index (κ3) is 6.13. The summed E-state index contributed by atoms with van der Waals surface area (Å²) in [5, 5.41) is 25.4. The van der Waals surface area contributed by atoms with Crippen molar-refractivity contribution in [3.63, 3.8) is 0 Å². The summed E-state index contributed by atoms with van der Waals surface area (Å²) in [5.41, 5.74) is 1.35. The Balaban J connectivity index is 1.57. The molecule has 1 saturated heterocycles. The number of piperazine rings is 1. The Kier molecular flexibility index (Phi) is 7.68. The number of rotatable bonds is 7. The Morgan fingerprint density at radius 1 is 1.06 bits per heavy atom. The van der Waals surface area contributed by atoms with E-state index in [1.54, 1.807) is 32.2 Å². The maximum absolute atomic E-state index is 10.5. The standard InChI is InChI=1S/C25H32Cl2N6O2/c1-15(2)29-23-24(31-19-12-20(22(34)25(3,4)35)28-13-21(19)30-23)33-9-7-32(8-10-33)14-16-5-6-17(26)11-18(16)27/h5-6,11-13,15,22,34-35H,7-10,14H2,1-4H3,(H,29,30). The average molecular weight is 519 g/mol. The third-order valence-corrected chi connectivity index (χ3v) is 6.60. The number of nitrogens with zero attached hydrogens (tertiary/aromatic N) is 5. The van der Waals surface area contributed by atoms with Crippen LogP contribution in [0.25, 0.3) is 11.0 Å². The number of halogens is 2. The molecule has 3 N–H and O–H groups in total. The van der Waals surface area contributed by atoms with Crippen LogP contribution in [-0.2, 0) is 6.54 Å². The summed E-state index contributed by atoms with van der Waals surface area (Å²) >= 11 is 12.4. The first kappa shape index (κ1) is 25.9. The first-order valence-corrected chi connectivity index (χ1v) is 12.5. The highest BCUT2D eigenvalue weighted by molar-refractivity contribution is 6.35. The lowest BCUT2D eigenvalue weighted by Crippen LogP contribution is -2.46. The van der Waals surface area contributed by atoms with Gasteiger partial charge >= 0.3 is 0 Å². The van der Waals surface area contributed by atoms with Gasteiger partial charge in [-0.2, -0.15) is 0 Å². The Labute approximate surface area is 215 Å². The van der Waals surface area contributed by atoms with Gasteiger partial charge in [-0.15, -0.1) is 0 Å². The Morgan fingerprint density at radius 3 is 2.40 bits per heavy atom. The number of pyridine rings is 1. The molecule has 0 amide bonds. The molecule has 0 radical (unpaired) electrons. The van der Waals surface area contributed by atoms with Gasteiger partial charge in [-0.1, -0.05) is 29.3 Å². The van der Waals surface area contributed by atoms with Crippen molar-refractivity contribution in [2.45, 2.75) is 52.0 Å². The van der Waals surface area contributed by atoms with Crippen molar-refractivity contribution in [3.05, 3.63) is 51.8 Å². The molecule has 3 aromatic rings. The minimum atomic E-state index is -1.32. The predicted octanol–water partition coefficient (Wildman–Crippen LogP) is 4.28. The van der Waals surface area contributed by atoms with E-state index in [9.17, 15) is 10.2 Å². The van der Waals surface area contributed by atoms with Gasteiger partial charge in [0.15, 0.2) is 11.6 Å². The Morgan fingerprint density at radius 2 is 1.77 bits per heavy atom. The quantitative estimate of drug-likeness (QED) is 0.426. The second-order valence-electron chi connectivity index (χ2n) is 9.85. The first-order chi connectivity index (χ1) is 16.5. The third-order valence-electron chi connectivity index (χ3n) is 6.01. The molecule has 1 aliphatic rings. The summed E-state index contributed by atoms with van der Waals surface area (Å²) in [6.45, 7) is 11.2. The van der Waals surface area contributed by atoms with E-state index in [2.05, 4.69) is 33.9 Å². The van der Waals surface area contributed by atoms with Gasteiger partial charge in [-0.05, 0) is 51.5 Å². The molecule has 188 valence electrons. The molecule has 35 heavy (non-hydrogen) atoms. The fraction of sp³-hybridized carbons (Fsp3) is 0.480. The van der Waals surface area contributed by atoms with Crippen LogP contribution in [0.15, 0.2) is 30.5 Å². The molecule has 0 saturated carbocycles. The van der Waals surface area contributed by atoms with E-state index in [4.69, 9.17) is 33.2 Å². The van der Waals surface area contributed by atoms with E-state index in [1.165, 1.54) is 0 Å². The van der Waals surface area contributed by atoms with Gasteiger partial charge in [0.2, 0.25) is 0 Å². The first-order valence-electron chi connectivity index (χ1n) is 11.8. The normalized spacial score (nSPS) is 16.2. The van der Waals surface area contributed by atoms with Crippen molar-refractivity contribution in [2.24, 2.45) is 0 Å². The van der Waals surface area contributed by atoms with Crippen LogP contribution in [0.1, 0.15) is 45.1 Å². The fourth-order valence-corrected chi connectivity index (χ4v) is 4.55. The number of aromatic nitrogens is 3. The largest absolute Gasteiger partial charge is 0.387 e. The van der Waals surface area contributed by atoms with Gasteiger partial charge in [0.1, 0.15) is 11.6 Å². The summed E-state index contributed by atoms with van der Waals surface area (Å²) in [6, 6.07) is 7.50. The molecule has 4 rings (SSSR count). The van der Waals surface area contributed by atoms with E-state index < -0.39 is 11.7 Å². The zero-order chi connectivity index (χ0) is 25.3. The molecule has 8 nitrogen and oxygen atoms in total. The molecule has 1 fully saturated rings. The zero-order valence-corrected chi connectivity index (χ0v) is 22.0. The van der Waals surface area contributed by atoms with Gasteiger partial charge in [-0.3, -0.25) is 9.88 Å². The van der Waals surface area contributed by atoms with Gasteiger partial charge in [0, 0.05) is 48.8 Å². The molecule has 1 aromatic carbocycles. The van der Waals surface area contributed by atoms with Crippen molar-refractivity contribution < 1.29 is 10.2 Å². The van der Waals surface area contributed by atoms with Crippen LogP contribution in [0.2, 0.25) is 10.0 Å². The highest BCUT2D eigenvalue weighted by Crippen LogP contribution is 2.30. The number of hydrogen-bond donors (Lipinski definition) is 3. The molecule has 1 unspecified atom stereocenters. The van der Waals surface area contributed by atoms with Crippen molar-refractivity contribution >= 4 is 45.9 Å². The molecule has 0 bridgehead atoms. The summed E-state index contributed by atoms with van der Waals surface area (Å²) in [7, 11) is 0. The average Bonchev–Trinajstić information content (AvgIpc) is 2.79. The van der Waals surface area contributed by atoms with E-state index in [-0.39, 0.29) is 6.04 Å². The van der Waals surface area contributed by atoms with E-state index in [1.807, 2.05) is 12.1 Å². The van der Waals surface area contributed by atoms with Crippen LogP contribution in [-0.4, -0.2) is 67.9 Å². The molecule has 1 aliphatic heterocycles. The minimum absolute atomic E-state index is 0.179. The highest BCUT2D eigenvalue weighted by atomic mass is 35.5. The molecular weight excluding hydrogens is 487 g/mol. The summed E-state index contributed by atoms with van der Waals surface area (Å²) in [4.78, 5) is 18.6. The van der Waals surface area contributed by atoms with Crippen LogP contribution < -0.4 is 10.2 Å². The summed E-state index contributed by atoms with van der Waals surface area (Å²) in [6.07, 6.45) is 0.462. The Bertz CT molecular complexity index is 1190. The lowest BCUT2D eigenvalue weighted by molar-refractivity contribution is -0.0516. The molecule has 1 atom stereocenters. The van der Waals surface area contributed by atoms with Crippen molar-refractivity contribution in [2.75, 3.05) is 36.4 Å². The molecule has 0 aliphatic carbocycles. The summed E-state index contributed by atoms with van der Waals surface area (Å²) < 4.78 is 0. The van der Waals surface area contributed by atoms with Crippen LogP contribution >= 0.6 is 23.2 Å². The fourth-order valence-electron chi connectivity index (χ4n) is 4.08. The van der Waals surface area contributed by atoms with E-state index >= 15 is 0 Å². The number of hydrogen-bond acceptors (Lipinski definition) is 8.